The predicted molar refractivity (Wildman–Crippen MR) is 121 cm³/mol. The van der Waals surface area contributed by atoms with Gasteiger partial charge in [-0.15, -0.1) is 0 Å². The van der Waals surface area contributed by atoms with Gasteiger partial charge in [0.15, 0.2) is 5.65 Å². The summed E-state index contributed by atoms with van der Waals surface area (Å²) in [6.45, 7) is 10.2. The number of anilines is 1. The first kappa shape index (κ1) is 22.0. The number of pyridine rings is 1. The van der Waals surface area contributed by atoms with E-state index in [0.717, 1.165) is 23.6 Å². The minimum absolute atomic E-state index is 0.0958. The van der Waals surface area contributed by atoms with Crippen LogP contribution in [0.4, 0.5) is 10.6 Å². The van der Waals surface area contributed by atoms with Crippen molar-refractivity contribution < 1.29 is 14.6 Å². The summed E-state index contributed by atoms with van der Waals surface area (Å²) >= 11 is 0. The first-order chi connectivity index (χ1) is 15.0. The molecule has 0 spiro atoms. The van der Waals surface area contributed by atoms with Gasteiger partial charge >= 0.3 is 6.09 Å². The fourth-order valence-electron chi connectivity index (χ4n) is 3.63. The van der Waals surface area contributed by atoms with Gasteiger partial charge in [0.25, 0.3) is 0 Å². The highest BCUT2D eigenvalue weighted by molar-refractivity contribution is 5.69. The van der Waals surface area contributed by atoms with Crippen molar-refractivity contribution in [3.05, 3.63) is 42.5 Å². The van der Waals surface area contributed by atoms with Crippen LogP contribution in [0.3, 0.4) is 0 Å². The Balaban J connectivity index is 1.51. The molecule has 0 aromatic carbocycles. The highest BCUT2D eigenvalue weighted by Crippen LogP contribution is 2.24. The second kappa shape index (κ2) is 8.05. The molecular formula is C23H30N6O3. The molecule has 9 heteroatoms. The number of likely N-dealkylation sites (tertiary alicyclic amines) is 1. The summed E-state index contributed by atoms with van der Waals surface area (Å²) in [4.78, 5) is 27.5. The zero-order valence-electron chi connectivity index (χ0n) is 19.2. The lowest BCUT2D eigenvalue weighted by Crippen LogP contribution is -2.36. The number of ether oxygens (including phenoxy) is 1. The number of imidazole rings is 1. The number of fused-ring (bicyclic) bond motifs is 1. The van der Waals surface area contributed by atoms with Crippen LogP contribution in [-0.2, 0) is 10.3 Å². The maximum atomic E-state index is 12.3. The number of amides is 1. The third-order valence-electron chi connectivity index (χ3n) is 5.23. The van der Waals surface area contributed by atoms with Gasteiger partial charge in [-0.25, -0.2) is 14.8 Å². The van der Waals surface area contributed by atoms with Gasteiger partial charge in [0, 0.05) is 25.3 Å². The van der Waals surface area contributed by atoms with E-state index in [4.69, 9.17) is 9.72 Å². The van der Waals surface area contributed by atoms with Crippen LogP contribution in [0, 0.1) is 0 Å². The molecule has 4 heterocycles. The molecule has 0 aliphatic carbocycles. The third kappa shape index (κ3) is 4.83. The van der Waals surface area contributed by atoms with Crippen LogP contribution in [0.15, 0.2) is 36.8 Å². The van der Waals surface area contributed by atoms with Crippen molar-refractivity contribution in [1.29, 1.82) is 0 Å². The van der Waals surface area contributed by atoms with Gasteiger partial charge < -0.3 is 20.1 Å². The minimum Gasteiger partial charge on any atom is -0.444 e. The van der Waals surface area contributed by atoms with Crippen LogP contribution in [0.25, 0.3) is 17.0 Å². The smallest absolute Gasteiger partial charge is 0.410 e. The molecule has 1 atom stereocenters. The topological polar surface area (TPSA) is 105 Å². The van der Waals surface area contributed by atoms with Gasteiger partial charge in [-0.1, -0.05) is 6.07 Å². The summed E-state index contributed by atoms with van der Waals surface area (Å²) < 4.78 is 7.35. The zero-order valence-corrected chi connectivity index (χ0v) is 19.2. The molecule has 170 valence electrons. The third-order valence-corrected chi connectivity index (χ3v) is 5.23. The van der Waals surface area contributed by atoms with Crippen molar-refractivity contribution in [2.45, 2.75) is 58.3 Å². The van der Waals surface area contributed by atoms with Gasteiger partial charge in [-0.2, -0.15) is 0 Å². The summed E-state index contributed by atoms with van der Waals surface area (Å²) in [6, 6.07) is 5.86. The van der Waals surface area contributed by atoms with Crippen molar-refractivity contribution in [3.63, 3.8) is 0 Å². The number of carbonyl (C=O) groups is 1. The molecular weight excluding hydrogens is 408 g/mol. The Kier molecular flexibility index (Phi) is 5.54. The molecule has 9 nitrogen and oxygen atoms in total. The van der Waals surface area contributed by atoms with E-state index >= 15 is 0 Å². The Morgan fingerprint density at radius 3 is 2.69 bits per heavy atom. The zero-order chi connectivity index (χ0) is 23.1. The van der Waals surface area contributed by atoms with Crippen molar-refractivity contribution in [3.8, 4) is 11.4 Å². The number of hydrogen-bond acceptors (Lipinski definition) is 7. The van der Waals surface area contributed by atoms with E-state index in [1.165, 1.54) is 0 Å². The Labute approximate surface area is 187 Å². The molecule has 0 radical (unpaired) electrons. The van der Waals surface area contributed by atoms with Crippen LogP contribution in [0.1, 0.15) is 46.7 Å². The lowest BCUT2D eigenvalue weighted by molar-refractivity contribution is 0.0293. The van der Waals surface area contributed by atoms with Crippen LogP contribution < -0.4 is 5.32 Å². The monoisotopic (exact) mass is 438 g/mol. The number of rotatable bonds is 4. The number of nitrogens with zero attached hydrogens (tertiary/aromatic N) is 5. The maximum absolute atomic E-state index is 12.3. The molecule has 0 bridgehead atoms. The number of hydrogen-bond donors (Lipinski definition) is 2. The number of nitrogens with one attached hydrogen (secondary N) is 1. The molecule has 1 aliphatic rings. The lowest BCUT2D eigenvalue weighted by Gasteiger charge is -2.24. The highest BCUT2D eigenvalue weighted by Gasteiger charge is 2.30. The SMILES string of the molecule is CC(C)(C)OC(=O)N1CC[C@@H](Nc2cccc(-c3cnc4cnc(C(C)(C)O)cn34)n2)C1. The molecule has 0 saturated carbocycles. The number of aliphatic hydroxyl groups is 1. The Hall–Kier alpha value is -3.20. The normalized spacial score (nSPS) is 17.1. The summed E-state index contributed by atoms with van der Waals surface area (Å²) in [5, 5.41) is 13.7. The summed E-state index contributed by atoms with van der Waals surface area (Å²) in [7, 11) is 0. The number of carbonyl (C=O) groups excluding carboxylic acids is 1. The Morgan fingerprint density at radius 1 is 1.19 bits per heavy atom. The van der Waals surface area contributed by atoms with E-state index in [2.05, 4.69) is 15.3 Å². The standard InChI is InChI=1S/C23H30N6O3/c1-22(2,3)32-21(30)28-10-9-15(13-28)26-19-8-6-7-16(27-19)17-11-25-20-12-24-18(14-29(17)20)23(4,5)31/h6-8,11-12,14-15,31H,9-10,13H2,1-5H3,(H,26,27)/t15-/m1/s1. The summed E-state index contributed by atoms with van der Waals surface area (Å²) in [5.41, 5.74) is 1.21. The second-order valence-corrected chi connectivity index (χ2v) is 9.67. The Bertz CT molecular complexity index is 1130. The predicted octanol–water partition coefficient (Wildman–Crippen LogP) is 3.44. The molecule has 1 aliphatic heterocycles. The molecule has 3 aromatic rings. The van der Waals surface area contributed by atoms with Gasteiger partial charge in [0.1, 0.15) is 17.0 Å². The molecule has 3 aromatic heterocycles. The first-order valence-electron chi connectivity index (χ1n) is 10.8. The molecule has 32 heavy (non-hydrogen) atoms. The van der Waals surface area contributed by atoms with E-state index in [1.54, 1.807) is 37.3 Å². The molecule has 0 unspecified atom stereocenters. The maximum Gasteiger partial charge on any atom is 0.410 e. The van der Waals surface area contributed by atoms with Gasteiger partial charge in [0.2, 0.25) is 0 Å². The lowest BCUT2D eigenvalue weighted by atomic mass is 10.1. The first-order valence-corrected chi connectivity index (χ1v) is 10.8. The van der Waals surface area contributed by atoms with Crippen LogP contribution >= 0.6 is 0 Å². The second-order valence-electron chi connectivity index (χ2n) is 9.67. The molecule has 4 rings (SSSR count). The molecule has 1 saturated heterocycles. The van der Waals surface area contributed by atoms with Gasteiger partial charge in [0.05, 0.1) is 29.5 Å². The summed E-state index contributed by atoms with van der Waals surface area (Å²) in [6.07, 6.45) is 5.71. The fourth-order valence-corrected chi connectivity index (χ4v) is 3.63. The van der Waals surface area contributed by atoms with E-state index in [-0.39, 0.29) is 12.1 Å². The number of aromatic nitrogens is 4. The quantitative estimate of drug-likeness (QED) is 0.643. The van der Waals surface area contributed by atoms with Crippen molar-refractivity contribution in [2.75, 3.05) is 18.4 Å². The average Bonchev–Trinajstić information content (AvgIpc) is 3.32. The minimum atomic E-state index is -1.06. The van der Waals surface area contributed by atoms with Crippen molar-refractivity contribution in [2.24, 2.45) is 0 Å². The van der Waals surface area contributed by atoms with E-state index in [0.29, 0.717) is 24.4 Å². The van der Waals surface area contributed by atoms with E-state index in [1.807, 2.05) is 43.4 Å². The van der Waals surface area contributed by atoms with Crippen molar-refractivity contribution >= 4 is 17.6 Å². The Morgan fingerprint density at radius 2 is 1.97 bits per heavy atom. The van der Waals surface area contributed by atoms with Crippen LogP contribution in [0.2, 0.25) is 0 Å². The average molecular weight is 439 g/mol. The highest BCUT2D eigenvalue weighted by atomic mass is 16.6. The van der Waals surface area contributed by atoms with E-state index in [9.17, 15) is 9.90 Å². The molecule has 2 N–H and O–H groups in total. The van der Waals surface area contributed by atoms with Crippen LogP contribution in [0.5, 0.6) is 0 Å². The largest absolute Gasteiger partial charge is 0.444 e. The summed E-state index contributed by atoms with van der Waals surface area (Å²) in [5.74, 6) is 0.727. The molecule has 1 fully saturated rings. The van der Waals surface area contributed by atoms with Crippen molar-refractivity contribution in [1.82, 2.24) is 24.3 Å². The van der Waals surface area contributed by atoms with Gasteiger partial charge in [-0.05, 0) is 53.2 Å². The molecule has 1 amide bonds. The fraction of sp³-hybridized carbons (Fsp3) is 0.478. The van der Waals surface area contributed by atoms with E-state index < -0.39 is 11.2 Å². The van der Waals surface area contributed by atoms with Crippen LogP contribution in [-0.4, -0.2) is 60.2 Å². The van der Waals surface area contributed by atoms with Gasteiger partial charge in [-0.3, -0.25) is 9.38 Å².